The molecule has 0 aliphatic carbocycles. The van der Waals surface area contributed by atoms with Gasteiger partial charge in [-0.2, -0.15) is 0 Å². The van der Waals surface area contributed by atoms with E-state index in [0.717, 1.165) is 12.0 Å². The summed E-state index contributed by atoms with van der Waals surface area (Å²) >= 11 is 0. The first-order valence-electron chi connectivity index (χ1n) is 7.00. The van der Waals surface area contributed by atoms with Crippen molar-refractivity contribution in [1.29, 1.82) is 0 Å². The van der Waals surface area contributed by atoms with Gasteiger partial charge < -0.3 is 9.64 Å². The molecule has 2 rings (SSSR count). The van der Waals surface area contributed by atoms with Gasteiger partial charge in [0.25, 0.3) is 0 Å². The van der Waals surface area contributed by atoms with Crippen LogP contribution in [0.4, 0.5) is 0 Å². The van der Waals surface area contributed by atoms with Gasteiger partial charge in [0.05, 0.1) is 18.5 Å². The summed E-state index contributed by atoms with van der Waals surface area (Å²) in [5.74, 6) is 0.0777. The largest absolute Gasteiger partial charge is 0.378 e. The molecule has 0 radical (unpaired) electrons. The second-order valence-electron chi connectivity index (χ2n) is 4.83. The Morgan fingerprint density at radius 2 is 1.95 bits per heavy atom. The fourth-order valence-corrected chi connectivity index (χ4v) is 3.83. The Balaban J connectivity index is 1.97. The molecular weight excluding hydrogens is 274 g/mol. The number of morpholine rings is 1. The minimum absolute atomic E-state index is 0.0268. The summed E-state index contributed by atoms with van der Waals surface area (Å²) in [4.78, 5) is 13.9. The third-order valence-electron chi connectivity index (χ3n) is 3.49. The van der Waals surface area contributed by atoms with Crippen LogP contribution in [0.2, 0.25) is 0 Å². The van der Waals surface area contributed by atoms with Crippen LogP contribution in [0.15, 0.2) is 30.3 Å². The van der Waals surface area contributed by atoms with Gasteiger partial charge in [0, 0.05) is 23.9 Å². The molecule has 1 aromatic carbocycles. The Morgan fingerprint density at radius 3 is 2.55 bits per heavy atom. The van der Waals surface area contributed by atoms with Crippen LogP contribution in [0.25, 0.3) is 0 Å². The van der Waals surface area contributed by atoms with Crippen molar-refractivity contribution in [2.24, 2.45) is 0 Å². The van der Waals surface area contributed by atoms with Crippen molar-refractivity contribution in [2.45, 2.75) is 18.6 Å². The highest BCUT2D eigenvalue weighted by atomic mass is 32.2. The van der Waals surface area contributed by atoms with E-state index in [1.54, 1.807) is 4.90 Å². The molecule has 110 valence electrons. The minimum atomic E-state index is -1.17. The molecule has 0 saturated carbocycles. The SMILES string of the molecule is CCC(c1ccccc1)S(=O)CC(=O)N1CCOCC1. The highest BCUT2D eigenvalue weighted by Gasteiger charge is 2.23. The lowest BCUT2D eigenvalue weighted by atomic mass is 10.1. The zero-order valence-corrected chi connectivity index (χ0v) is 12.6. The van der Waals surface area contributed by atoms with Gasteiger partial charge in [-0.3, -0.25) is 9.00 Å². The Hall–Kier alpha value is -1.20. The smallest absolute Gasteiger partial charge is 0.235 e. The summed E-state index contributed by atoms with van der Waals surface area (Å²) in [5.41, 5.74) is 1.04. The summed E-state index contributed by atoms with van der Waals surface area (Å²) in [6, 6.07) is 9.78. The van der Waals surface area contributed by atoms with Gasteiger partial charge in [0.2, 0.25) is 5.91 Å². The Kier molecular flexibility index (Phi) is 5.73. The molecule has 1 saturated heterocycles. The van der Waals surface area contributed by atoms with Crippen molar-refractivity contribution in [3.05, 3.63) is 35.9 Å². The van der Waals surface area contributed by atoms with E-state index in [1.807, 2.05) is 37.3 Å². The first kappa shape index (κ1) is 15.2. The molecule has 0 spiro atoms. The normalized spacial score (nSPS) is 18.6. The van der Waals surface area contributed by atoms with Crippen LogP contribution in [-0.4, -0.2) is 47.1 Å². The molecule has 0 bridgehead atoms. The average Bonchev–Trinajstić information content (AvgIpc) is 2.50. The van der Waals surface area contributed by atoms with Gasteiger partial charge in [0.15, 0.2) is 0 Å². The van der Waals surface area contributed by atoms with E-state index in [9.17, 15) is 9.00 Å². The van der Waals surface area contributed by atoms with E-state index < -0.39 is 10.8 Å². The monoisotopic (exact) mass is 295 g/mol. The molecule has 1 aromatic rings. The summed E-state index contributed by atoms with van der Waals surface area (Å²) in [6.45, 7) is 4.38. The molecule has 1 amide bonds. The maximum absolute atomic E-state index is 12.5. The van der Waals surface area contributed by atoms with Crippen LogP contribution in [0.5, 0.6) is 0 Å². The van der Waals surface area contributed by atoms with E-state index in [2.05, 4.69) is 0 Å². The maximum Gasteiger partial charge on any atom is 0.235 e. The Morgan fingerprint density at radius 1 is 1.30 bits per heavy atom. The van der Waals surface area contributed by atoms with Gasteiger partial charge in [-0.05, 0) is 12.0 Å². The Labute approximate surface area is 122 Å². The number of nitrogens with zero attached hydrogens (tertiary/aromatic N) is 1. The molecule has 0 aromatic heterocycles. The topological polar surface area (TPSA) is 46.6 Å². The number of amides is 1. The van der Waals surface area contributed by atoms with Crippen molar-refractivity contribution in [3.8, 4) is 0 Å². The van der Waals surface area contributed by atoms with Crippen molar-refractivity contribution < 1.29 is 13.7 Å². The third kappa shape index (κ3) is 3.90. The maximum atomic E-state index is 12.5. The van der Waals surface area contributed by atoms with E-state index in [-0.39, 0.29) is 16.9 Å². The molecular formula is C15H21NO3S. The van der Waals surface area contributed by atoms with Crippen LogP contribution in [0.3, 0.4) is 0 Å². The Bertz CT molecular complexity index is 457. The molecule has 4 nitrogen and oxygen atoms in total. The van der Waals surface area contributed by atoms with Crippen LogP contribution in [0.1, 0.15) is 24.2 Å². The zero-order valence-electron chi connectivity index (χ0n) is 11.8. The van der Waals surface area contributed by atoms with E-state index in [1.165, 1.54) is 0 Å². The van der Waals surface area contributed by atoms with Crippen LogP contribution >= 0.6 is 0 Å². The van der Waals surface area contributed by atoms with Crippen LogP contribution in [-0.2, 0) is 20.3 Å². The second-order valence-corrected chi connectivity index (χ2v) is 6.45. The van der Waals surface area contributed by atoms with Gasteiger partial charge in [-0.15, -0.1) is 0 Å². The third-order valence-corrected chi connectivity index (χ3v) is 5.26. The number of carbonyl (C=O) groups excluding carboxylic acids is 1. The second kappa shape index (κ2) is 7.55. The van der Waals surface area contributed by atoms with Gasteiger partial charge >= 0.3 is 0 Å². The van der Waals surface area contributed by atoms with Crippen molar-refractivity contribution >= 4 is 16.7 Å². The van der Waals surface area contributed by atoms with Crippen LogP contribution in [0, 0.1) is 0 Å². The van der Waals surface area contributed by atoms with E-state index >= 15 is 0 Å². The molecule has 1 aliphatic heterocycles. The van der Waals surface area contributed by atoms with Crippen LogP contribution < -0.4 is 0 Å². The fraction of sp³-hybridized carbons (Fsp3) is 0.533. The molecule has 2 atom stereocenters. The molecule has 1 heterocycles. The number of carbonyl (C=O) groups is 1. The van der Waals surface area contributed by atoms with E-state index in [4.69, 9.17) is 4.74 Å². The fourth-order valence-electron chi connectivity index (χ4n) is 2.37. The van der Waals surface area contributed by atoms with Gasteiger partial charge in [-0.1, -0.05) is 37.3 Å². The molecule has 1 fully saturated rings. The number of ether oxygens (including phenoxy) is 1. The number of benzene rings is 1. The standard InChI is InChI=1S/C15H21NO3S/c1-2-14(13-6-4-3-5-7-13)20(18)12-15(17)16-8-10-19-11-9-16/h3-7,14H,2,8-12H2,1H3. The van der Waals surface area contributed by atoms with Gasteiger partial charge in [-0.25, -0.2) is 0 Å². The summed E-state index contributed by atoms with van der Waals surface area (Å²) in [5, 5.41) is -0.0683. The first-order chi connectivity index (χ1) is 9.72. The quantitative estimate of drug-likeness (QED) is 0.831. The highest BCUT2D eigenvalue weighted by Crippen LogP contribution is 2.23. The summed E-state index contributed by atoms with van der Waals surface area (Å²) in [7, 11) is -1.17. The average molecular weight is 295 g/mol. The molecule has 20 heavy (non-hydrogen) atoms. The van der Waals surface area contributed by atoms with E-state index in [0.29, 0.717) is 26.3 Å². The number of hydrogen-bond donors (Lipinski definition) is 0. The lowest BCUT2D eigenvalue weighted by molar-refractivity contribution is -0.132. The summed E-state index contributed by atoms with van der Waals surface area (Å²) < 4.78 is 17.7. The molecule has 2 unspecified atom stereocenters. The van der Waals surface area contributed by atoms with Crippen molar-refractivity contribution in [3.63, 3.8) is 0 Å². The molecule has 1 aliphatic rings. The van der Waals surface area contributed by atoms with Gasteiger partial charge in [0.1, 0.15) is 5.75 Å². The lowest BCUT2D eigenvalue weighted by Crippen LogP contribution is -2.43. The zero-order chi connectivity index (χ0) is 14.4. The molecule has 0 N–H and O–H groups in total. The van der Waals surface area contributed by atoms with Crippen molar-refractivity contribution in [1.82, 2.24) is 4.90 Å². The predicted octanol–water partition coefficient (Wildman–Crippen LogP) is 1.75. The predicted molar refractivity (Wildman–Crippen MR) is 79.9 cm³/mol. The highest BCUT2D eigenvalue weighted by molar-refractivity contribution is 7.86. The summed E-state index contributed by atoms with van der Waals surface area (Å²) in [6.07, 6.45) is 0.771. The number of rotatable bonds is 5. The molecule has 5 heteroatoms. The van der Waals surface area contributed by atoms with Crippen molar-refractivity contribution in [2.75, 3.05) is 32.1 Å². The first-order valence-corrected chi connectivity index (χ1v) is 8.38. The minimum Gasteiger partial charge on any atom is -0.378 e. The number of hydrogen-bond acceptors (Lipinski definition) is 3. The lowest BCUT2D eigenvalue weighted by Gasteiger charge is -2.27.